The van der Waals surface area contributed by atoms with Crippen molar-refractivity contribution in [3.05, 3.63) is 36.5 Å². The molecule has 2 unspecified atom stereocenters. The number of esters is 1. The molecule has 0 aliphatic carbocycles. The van der Waals surface area contributed by atoms with Gasteiger partial charge in [-0.05, 0) is 83.5 Å². The van der Waals surface area contributed by atoms with Crippen molar-refractivity contribution < 1.29 is 24.5 Å². The number of amides is 1. The lowest BCUT2D eigenvalue weighted by Gasteiger charge is -2.22. The Morgan fingerprint density at radius 2 is 0.685 bits per heavy atom. The van der Waals surface area contributed by atoms with Crippen LogP contribution in [-0.2, 0) is 14.3 Å². The van der Waals surface area contributed by atoms with Crippen LogP contribution in [0.15, 0.2) is 36.5 Å². The van der Waals surface area contributed by atoms with Crippen LogP contribution in [0, 0.1) is 0 Å². The monoisotopic (exact) mass is 1030 g/mol. The van der Waals surface area contributed by atoms with Gasteiger partial charge in [0.05, 0.1) is 25.4 Å². The molecule has 73 heavy (non-hydrogen) atoms. The SMILES string of the molecule is CCCCC/C=C\CCCCCCCC(=O)OCCCCC/C=C\C=C/CCCCCCCCCCCCC(=O)NC(CO)C(O)CCCCCCCCCCCCCCCCCCCCCCCCCCC. The molecule has 3 N–H and O–H groups in total. The van der Waals surface area contributed by atoms with Crippen molar-refractivity contribution in [3.63, 3.8) is 0 Å². The number of unbranched alkanes of at least 4 members (excludes halogenated alkanes) is 45. The molecule has 0 spiro atoms. The first-order valence-corrected chi connectivity index (χ1v) is 32.8. The Hall–Kier alpha value is -1.92. The van der Waals surface area contributed by atoms with Gasteiger partial charge in [-0.25, -0.2) is 0 Å². The predicted octanol–water partition coefficient (Wildman–Crippen LogP) is 20.8. The number of nitrogens with one attached hydrogen (secondary N) is 1. The zero-order chi connectivity index (χ0) is 52.9. The van der Waals surface area contributed by atoms with Gasteiger partial charge in [0.25, 0.3) is 0 Å². The Morgan fingerprint density at radius 3 is 1.08 bits per heavy atom. The number of rotatable bonds is 61. The van der Waals surface area contributed by atoms with Crippen molar-refractivity contribution in [1.29, 1.82) is 0 Å². The zero-order valence-electron chi connectivity index (χ0n) is 49.1. The zero-order valence-corrected chi connectivity index (χ0v) is 49.1. The lowest BCUT2D eigenvalue weighted by atomic mass is 10.0. The minimum Gasteiger partial charge on any atom is -0.466 e. The highest BCUT2D eigenvalue weighted by Gasteiger charge is 2.20. The standard InChI is InChI=1S/C67H127NO5/c1-3-5-7-9-11-13-15-17-18-19-20-21-22-23-24-25-27-30-33-36-39-43-47-51-55-59-65(70)64(63-69)68-66(71)60-56-52-48-44-40-37-34-31-28-26-29-32-35-38-42-46-50-54-58-62-73-67(72)61-57-53-49-45-41-16-14-12-10-8-6-4-2/h12,14,32,35,38,42,64-65,69-70H,3-11,13,15-31,33-34,36-37,39-41,43-63H2,1-2H3,(H,68,71)/b14-12-,35-32-,42-38-. The average Bonchev–Trinajstić information content (AvgIpc) is 3.39. The molecule has 0 radical (unpaired) electrons. The quantitative estimate of drug-likeness (QED) is 0.0244. The predicted molar refractivity (Wildman–Crippen MR) is 319 cm³/mol. The molecule has 0 aliphatic heterocycles. The fourth-order valence-corrected chi connectivity index (χ4v) is 10.2. The first-order chi connectivity index (χ1) is 36.0. The van der Waals surface area contributed by atoms with Crippen LogP contribution in [-0.4, -0.2) is 47.4 Å². The summed E-state index contributed by atoms with van der Waals surface area (Å²) in [4.78, 5) is 24.5. The maximum absolute atomic E-state index is 12.5. The van der Waals surface area contributed by atoms with Gasteiger partial charge in [-0.15, -0.1) is 0 Å². The summed E-state index contributed by atoms with van der Waals surface area (Å²) in [6.07, 6.45) is 78.8. The van der Waals surface area contributed by atoms with Crippen LogP contribution in [0.4, 0.5) is 0 Å². The van der Waals surface area contributed by atoms with Crippen molar-refractivity contribution in [3.8, 4) is 0 Å². The smallest absolute Gasteiger partial charge is 0.305 e. The molecule has 6 nitrogen and oxygen atoms in total. The van der Waals surface area contributed by atoms with E-state index in [0.29, 0.717) is 25.9 Å². The van der Waals surface area contributed by atoms with E-state index in [2.05, 4.69) is 55.6 Å². The fraction of sp³-hybridized carbons (Fsp3) is 0.881. The lowest BCUT2D eigenvalue weighted by molar-refractivity contribution is -0.143. The molecule has 0 aromatic rings. The van der Waals surface area contributed by atoms with E-state index < -0.39 is 12.1 Å². The van der Waals surface area contributed by atoms with E-state index in [-0.39, 0.29) is 18.5 Å². The van der Waals surface area contributed by atoms with E-state index in [1.807, 2.05) is 0 Å². The maximum atomic E-state index is 12.5. The molecule has 1 amide bonds. The first-order valence-electron chi connectivity index (χ1n) is 32.8. The Morgan fingerprint density at radius 1 is 0.384 bits per heavy atom. The largest absolute Gasteiger partial charge is 0.466 e. The molecule has 6 heteroatoms. The van der Waals surface area contributed by atoms with Crippen molar-refractivity contribution in [2.24, 2.45) is 0 Å². The summed E-state index contributed by atoms with van der Waals surface area (Å²) in [5, 5.41) is 23.4. The van der Waals surface area contributed by atoms with E-state index in [0.717, 1.165) is 70.6 Å². The lowest BCUT2D eigenvalue weighted by Crippen LogP contribution is -2.45. The second-order valence-electron chi connectivity index (χ2n) is 22.5. The molecule has 0 saturated heterocycles. The molecule has 2 atom stereocenters. The van der Waals surface area contributed by atoms with Crippen LogP contribution in [0.1, 0.15) is 354 Å². The molecule has 0 bridgehead atoms. The van der Waals surface area contributed by atoms with Crippen molar-refractivity contribution >= 4 is 11.9 Å². The number of ether oxygens (including phenoxy) is 1. The van der Waals surface area contributed by atoms with Gasteiger partial charge < -0.3 is 20.3 Å². The van der Waals surface area contributed by atoms with Crippen LogP contribution >= 0.6 is 0 Å². The third kappa shape index (κ3) is 59.2. The number of carbonyl (C=O) groups is 2. The number of aliphatic hydroxyl groups excluding tert-OH is 2. The van der Waals surface area contributed by atoms with Crippen LogP contribution < -0.4 is 5.32 Å². The Labute approximate surface area is 455 Å². The Kier molecular flexibility index (Phi) is 61.0. The van der Waals surface area contributed by atoms with E-state index in [1.54, 1.807) is 0 Å². The van der Waals surface area contributed by atoms with Crippen LogP contribution in [0.5, 0.6) is 0 Å². The highest BCUT2D eigenvalue weighted by Crippen LogP contribution is 2.18. The molecule has 430 valence electrons. The molecule has 0 saturated carbocycles. The highest BCUT2D eigenvalue weighted by molar-refractivity contribution is 5.76. The van der Waals surface area contributed by atoms with Gasteiger partial charge in [0.2, 0.25) is 5.91 Å². The van der Waals surface area contributed by atoms with Crippen LogP contribution in [0.3, 0.4) is 0 Å². The average molecular weight is 1030 g/mol. The van der Waals surface area contributed by atoms with Gasteiger partial charge in [0, 0.05) is 12.8 Å². The first kappa shape index (κ1) is 71.1. The normalized spacial score (nSPS) is 12.8. The van der Waals surface area contributed by atoms with Gasteiger partial charge >= 0.3 is 5.97 Å². The van der Waals surface area contributed by atoms with Gasteiger partial charge in [-0.2, -0.15) is 0 Å². The van der Waals surface area contributed by atoms with Gasteiger partial charge in [0.1, 0.15) is 0 Å². The third-order valence-electron chi connectivity index (χ3n) is 15.2. The van der Waals surface area contributed by atoms with E-state index in [9.17, 15) is 19.8 Å². The molecule has 0 fully saturated rings. The molecule has 0 heterocycles. The summed E-state index contributed by atoms with van der Waals surface area (Å²) in [6.45, 7) is 4.91. The minimum absolute atomic E-state index is 0.0230. The fourth-order valence-electron chi connectivity index (χ4n) is 10.2. The second-order valence-corrected chi connectivity index (χ2v) is 22.5. The van der Waals surface area contributed by atoms with E-state index in [1.165, 1.54) is 250 Å². The molecule has 0 aliphatic rings. The number of allylic oxidation sites excluding steroid dienone is 6. The number of carbonyl (C=O) groups excluding carboxylic acids is 2. The molecular weight excluding hydrogens is 899 g/mol. The van der Waals surface area contributed by atoms with Gasteiger partial charge in [-0.1, -0.05) is 294 Å². The Bertz CT molecular complexity index is 1180. The third-order valence-corrected chi connectivity index (χ3v) is 15.2. The van der Waals surface area contributed by atoms with Gasteiger partial charge in [-0.3, -0.25) is 9.59 Å². The van der Waals surface area contributed by atoms with Crippen LogP contribution in [0.25, 0.3) is 0 Å². The minimum atomic E-state index is -0.673. The summed E-state index contributed by atoms with van der Waals surface area (Å²) in [6, 6.07) is -0.551. The molecule has 0 rings (SSSR count). The van der Waals surface area contributed by atoms with Crippen molar-refractivity contribution in [2.45, 2.75) is 366 Å². The summed E-state index contributed by atoms with van der Waals surface area (Å²) in [5.41, 5.74) is 0. The summed E-state index contributed by atoms with van der Waals surface area (Å²) >= 11 is 0. The van der Waals surface area contributed by atoms with E-state index >= 15 is 0 Å². The number of aliphatic hydroxyl groups is 2. The number of hydrogen-bond acceptors (Lipinski definition) is 5. The second kappa shape index (κ2) is 62.6. The molecule has 0 aromatic heterocycles. The maximum Gasteiger partial charge on any atom is 0.305 e. The highest BCUT2D eigenvalue weighted by atomic mass is 16.5. The molecular formula is C67H127NO5. The number of hydrogen-bond donors (Lipinski definition) is 3. The topological polar surface area (TPSA) is 95.9 Å². The summed E-state index contributed by atoms with van der Waals surface area (Å²) in [5.74, 6) is -0.0644. The van der Waals surface area contributed by atoms with Crippen LogP contribution in [0.2, 0.25) is 0 Å². The van der Waals surface area contributed by atoms with Crippen molar-refractivity contribution in [1.82, 2.24) is 5.32 Å². The Balaban J connectivity index is 3.47. The summed E-state index contributed by atoms with van der Waals surface area (Å²) in [7, 11) is 0. The van der Waals surface area contributed by atoms with Gasteiger partial charge in [0.15, 0.2) is 0 Å². The molecule has 0 aromatic carbocycles. The van der Waals surface area contributed by atoms with Crippen molar-refractivity contribution in [2.75, 3.05) is 13.2 Å². The summed E-state index contributed by atoms with van der Waals surface area (Å²) < 4.78 is 5.44. The van der Waals surface area contributed by atoms with E-state index in [4.69, 9.17) is 4.74 Å².